The van der Waals surface area contributed by atoms with E-state index in [-0.39, 0.29) is 24.3 Å². The van der Waals surface area contributed by atoms with Gasteiger partial charge in [0, 0.05) is 36.6 Å². The predicted octanol–water partition coefficient (Wildman–Crippen LogP) is 6.08. The number of carbonyl (C=O) groups excluding carboxylic acids is 4. The Hall–Kier alpha value is -5.82. The van der Waals surface area contributed by atoms with Crippen molar-refractivity contribution in [3.63, 3.8) is 0 Å². The zero-order valence-corrected chi connectivity index (χ0v) is 35.9. The Morgan fingerprint density at radius 3 is 2.18 bits per heavy atom. The van der Waals surface area contributed by atoms with Gasteiger partial charge >= 0.3 is 12.1 Å². The van der Waals surface area contributed by atoms with Gasteiger partial charge in [0.15, 0.2) is 0 Å². The first-order chi connectivity index (χ1) is 28.7. The second-order valence-electron chi connectivity index (χ2n) is 16.9. The molecule has 5 rings (SSSR count). The molecule has 2 aromatic carbocycles. The smallest absolute Gasteiger partial charge is 0.407 e. The highest BCUT2D eigenvalue weighted by Crippen LogP contribution is 2.29. The molecule has 60 heavy (non-hydrogen) atoms. The number of alkyl carbamates (subject to hydrolysis) is 1. The summed E-state index contributed by atoms with van der Waals surface area (Å²) < 4.78 is 4.84. The number of nitrogens with one attached hydrogen (secondary N) is 3. The van der Waals surface area contributed by atoms with Gasteiger partial charge in [-0.15, -0.1) is 0 Å². The van der Waals surface area contributed by atoms with Gasteiger partial charge < -0.3 is 35.6 Å². The van der Waals surface area contributed by atoms with Crippen molar-refractivity contribution in [3.05, 3.63) is 120 Å². The summed E-state index contributed by atoms with van der Waals surface area (Å²) >= 11 is 0. The summed E-state index contributed by atoms with van der Waals surface area (Å²) in [7, 11) is 1.25. The molecule has 6 unspecified atom stereocenters. The van der Waals surface area contributed by atoms with Crippen LogP contribution in [-0.4, -0.2) is 99.3 Å². The zero-order valence-electron chi connectivity index (χ0n) is 35.9. The van der Waals surface area contributed by atoms with Crippen LogP contribution in [0.3, 0.4) is 0 Å². The lowest BCUT2D eigenvalue weighted by molar-refractivity contribution is -0.130. The molecule has 0 spiro atoms. The number of amides is 5. The van der Waals surface area contributed by atoms with Crippen LogP contribution in [0.25, 0.3) is 11.3 Å². The molecular weight excluding hydrogens is 759 g/mol. The minimum absolute atomic E-state index is 0.0665. The van der Waals surface area contributed by atoms with Crippen molar-refractivity contribution < 1.29 is 29.0 Å². The first kappa shape index (κ1) is 45.3. The van der Waals surface area contributed by atoms with Gasteiger partial charge in [0.2, 0.25) is 11.8 Å². The Bertz CT molecular complexity index is 2030. The minimum Gasteiger partial charge on any atom is -0.453 e. The molecule has 1 fully saturated rings. The summed E-state index contributed by atoms with van der Waals surface area (Å²) in [6, 6.07) is 25.5. The minimum atomic E-state index is -1.14. The molecule has 0 radical (unpaired) electrons. The van der Waals surface area contributed by atoms with Gasteiger partial charge in [-0.25, -0.2) is 9.59 Å². The molecule has 6 atom stereocenters. The highest BCUT2D eigenvalue weighted by molar-refractivity contribution is 5.89. The Balaban J connectivity index is 1.41. The molecule has 0 aliphatic carbocycles. The van der Waals surface area contributed by atoms with Crippen molar-refractivity contribution >= 4 is 23.9 Å². The normalized spacial score (nSPS) is 16.0. The molecule has 5 amide bonds. The second-order valence-corrected chi connectivity index (χ2v) is 16.9. The Kier molecular flexibility index (Phi) is 15.8. The van der Waals surface area contributed by atoms with Gasteiger partial charge in [-0.2, -0.15) is 0 Å². The number of methoxy groups -OCH3 is 1. The zero-order chi connectivity index (χ0) is 43.4. The van der Waals surface area contributed by atoms with Gasteiger partial charge in [0.05, 0.1) is 37.2 Å². The van der Waals surface area contributed by atoms with E-state index in [2.05, 4.69) is 25.9 Å². The number of aromatic nitrogens is 2. The number of hydrogen-bond donors (Lipinski definition) is 4. The van der Waals surface area contributed by atoms with Gasteiger partial charge in [0.1, 0.15) is 12.1 Å². The van der Waals surface area contributed by atoms with Crippen molar-refractivity contribution in [2.24, 2.45) is 11.3 Å². The van der Waals surface area contributed by atoms with Crippen LogP contribution in [0.4, 0.5) is 9.59 Å². The van der Waals surface area contributed by atoms with Crippen molar-refractivity contribution in [1.82, 2.24) is 35.7 Å². The molecule has 3 heterocycles. The maximum absolute atomic E-state index is 14.6. The number of urea groups is 1. The van der Waals surface area contributed by atoms with E-state index < -0.39 is 47.7 Å². The third-order valence-electron chi connectivity index (χ3n) is 11.1. The molecule has 1 saturated heterocycles. The van der Waals surface area contributed by atoms with E-state index in [0.29, 0.717) is 38.9 Å². The molecule has 1 aliphatic heterocycles. The van der Waals surface area contributed by atoms with Gasteiger partial charge in [0.25, 0.3) is 0 Å². The summed E-state index contributed by atoms with van der Waals surface area (Å²) in [6.07, 6.45) is 1.21. The van der Waals surface area contributed by atoms with E-state index >= 15 is 0 Å². The molecule has 0 saturated carbocycles. The van der Waals surface area contributed by atoms with Crippen LogP contribution >= 0.6 is 0 Å². The third-order valence-corrected chi connectivity index (χ3v) is 11.1. The molecule has 1 aliphatic rings. The fraction of sp³-hybridized carbons (Fsp3) is 0.447. The van der Waals surface area contributed by atoms with Crippen LogP contribution < -0.4 is 16.0 Å². The first-order valence-electron chi connectivity index (χ1n) is 20.8. The monoisotopic (exact) mass is 819 g/mol. The quantitative estimate of drug-likeness (QED) is 0.0938. The number of hydrogen-bond acceptors (Lipinski definition) is 8. The molecule has 0 bridgehead atoms. The highest BCUT2D eigenvalue weighted by atomic mass is 16.5. The largest absolute Gasteiger partial charge is 0.453 e. The van der Waals surface area contributed by atoms with Crippen molar-refractivity contribution in [2.75, 3.05) is 20.2 Å². The molecule has 13 nitrogen and oxygen atoms in total. The average Bonchev–Trinajstić information content (AvgIpc) is 3.57. The average molecular weight is 820 g/mol. The van der Waals surface area contributed by atoms with Crippen LogP contribution in [0.2, 0.25) is 0 Å². The number of rotatable bonds is 18. The number of carbonyl (C=O) groups is 4. The van der Waals surface area contributed by atoms with E-state index in [1.165, 1.54) is 7.11 Å². The SMILES string of the molecule is CCC(C)C(NC(=O)OC)C(=O)NC(Cc1ccc(-c2ccccn2)cc1)CC(O)C(Cc1ccccc1)NC(=O)C(N1CCN(Cc2cccc(C)n2)C1=O)C(C)(C)C. The number of pyridine rings is 2. The molecule has 320 valence electrons. The Morgan fingerprint density at radius 2 is 1.55 bits per heavy atom. The molecule has 4 aromatic rings. The predicted molar refractivity (Wildman–Crippen MR) is 232 cm³/mol. The van der Waals surface area contributed by atoms with E-state index in [9.17, 15) is 24.3 Å². The number of aliphatic hydroxyl groups excluding tert-OH is 1. The van der Waals surface area contributed by atoms with Crippen molar-refractivity contribution in [2.45, 2.75) is 104 Å². The molecular formula is C47H61N7O6. The van der Waals surface area contributed by atoms with Crippen LogP contribution in [0.15, 0.2) is 97.2 Å². The summed E-state index contributed by atoms with van der Waals surface area (Å²) in [5, 5.41) is 21.2. The van der Waals surface area contributed by atoms with Crippen molar-refractivity contribution in [1.29, 1.82) is 0 Å². The molecule has 13 heteroatoms. The van der Waals surface area contributed by atoms with Crippen LogP contribution in [0, 0.1) is 18.3 Å². The Labute approximate surface area is 354 Å². The van der Waals surface area contributed by atoms with Crippen molar-refractivity contribution in [3.8, 4) is 11.3 Å². The standard InChI is InChI=1S/C47H61N7O6/c1-8-31(2)41(52-45(58)60-7)43(56)50-37(27-34-20-22-35(23-21-34)38-19-12-13-24-48-38)29-40(55)39(28-33-16-10-9-11-17-33)51-44(57)42(47(4,5)6)54-26-25-53(46(54)59)30-36-18-14-15-32(3)49-36/h9-24,31,37,39-42,55H,8,25-30H2,1-7H3,(H,50,56)(H,51,57)(H,52,58). The third kappa shape index (κ3) is 12.4. The number of aliphatic hydroxyl groups is 1. The van der Waals surface area contributed by atoms with Gasteiger partial charge in [-0.05, 0) is 72.9 Å². The number of aryl methyl sites for hydroxylation is 1. The van der Waals surface area contributed by atoms with Gasteiger partial charge in [-0.1, -0.05) is 108 Å². The number of ether oxygens (including phenoxy) is 1. The van der Waals surface area contributed by atoms with Crippen LogP contribution in [-0.2, 0) is 33.7 Å². The summed E-state index contributed by atoms with van der Waals surface area (Å²) in [5.41, 5.74) is 4.54. The van der Waals surface area contributed by atoms with Crippen LogP contribution in [0.5, 0.6) is 0 Å². The number of benzene rings is 2. The topological polar surface area (TPSA) is 166 Å². The van der Waals surface area contributed by atoms with Crippen LogP contribution in [0.1, 0.15) is 70.0 Å². The number of nitrogens with zero attached hydrogens (tertiary/aromatic N) is 4. The van der Waals surface area contributed by atoms with Gasteiger partial charge in [-0.3, -0.25) is 19.6 Å². The fourth-order valence-corrected chi connectivity index (χ4v) is 7.74. The van der Waals surface area contributed by atoms with E-state index in [1.807, 2.05) is 133 Å². The summed E-state index contributed by atoms with van der Waals surface area (Å²) in [6.45, 7) is 12.6. The maximum Gasteiger partial charge on any atom is 0.407 e. The maximum atomic E-state index is 14.6. The second kappa shape index (κ2) is 20.9. The lowest BCUT2D eigenvalue weighted by Gasteiger charge is -2.38. The Morgan fingerprint density at radius 1 is 0.850 bits per heavy atom. The molecule has 4 N–H and O–H groups in total. The van der Waals surface area contributed by atoms with E-state index in [4.69, 9.17) is 4.74 Å². The summed E-state index contributed by atoms with van der Waals surface area (Å²) in [5.74, 6) is -1.01. The highest BCUT2D eigenvalue weighted by Gasteiger charge is 2.44. The fourth-order valence-electron chi connectivity index (χ4n) is 7.74. The lowest BCUT2D eigenvalue weighted by Crippen LogP contribution is -2.59. The van der Waals surface area contributed by atoms with E-state index in [0.717, 1.165) is 33.8 Å². The summed E-state index contributed by atoms with van der Waals surface area (Å²) in [4.78, 5) is 67.3. The van der Waals surface area contributed by atoms with E-state index in [1.54, 1.807) is 16.0 Å². The lowest BCUT2D eigenvalue weighted by atomic mass is 9.84. The molecule has 2 aromatic heterocycles. The first-order valence-corrected chi connectivity index (χ1v) is 20.8.